The summed E-state index contributed by atoms with van der Waals surface area (Å²) >= 11 is 0. The van der Waals surface area contributed by atoms with Gasteiger partial charge in [-0.3, -0.25) is 0 Å². The molecule has 0 bridgehead atoms. The summed E-state index contributed by atoms with van der Waals surface area (Å²) in [5.74, 6) is 1.28. The first-order valence-corrected chi connectivity index (χ1v) is 8.22. The van der Waals surface area contributed by atoms with Gasteiger partial charge in [-0.15, -0.1) is 0 Å². The lowest BCUT2D eigenvalue weighted by Crippen LogP contribution is -2.15. The summed E-state index contributed by atoms with van der Waals surface area (Å²) in [7, 11) is 0. The van der Waals surface area contributed by atoms with E-state index >= 15 is 0 Å². The van der Waals surface area contributed by atoms with E-state index in [0.717, 1.165) is 19.1 Å². The quantitative estimate of drug-likeness (QED) is 0.570. The molecule has 18 heavy (non-hydrogen) atoms. The van der Waals surface area contributed by atoms with Crippen LogP contribution < -0.4 is 0 Å². The Morgan fingerprint density at radius 2 is 1.44 bits per heavy atom. The summed E-state index contributed by atoms with van der Waals surface area (Å²) in [6, 6.07) is 0. The van der Waals surface area contributed by atoms with E-state index < -0.39 is 0 Å². The Morgan fingerprint density at radius 3 is 2.06 bits per heavy atom. The van der Waals surface area contributed by atoms with Gasteiger partial charge in [0.25, 0.3) is 0 Å². The molecule has 0 fully saturated rings. The molecule has 0 atom stereocenters. The topological polar surface area (TPSA) is 9.23 Å². The van der Waals surface area contributed by atoms with Crippen LogP contribution in [-0.2, 0) is 4.65 Å². The average Bonchev–Trinajstić information content (AvgIpc) is 2.38. The van der Waals surface area contributed by atoms with Gasteiger partial charge in [0.2, 0.25) is 0 Å². The van der Waals surface area contributed by atoms with Gasteiger partial charge in [0, 0.05) is 6.42 Å². The van der Waals surface area contributed by atoms with Crippen molar-refractivity contribution in [2.24, 2.45) is 0 Å². The van der Waals surface area contributed by atoms with Crippen LogP contribution in [0.4, 0.5) is 0 Å². The van der Waals surface area contributed by atoms with Crippen molar-refractivity contribution in [2.75, 3.05) is 0 Å². The molecule has 0 N–H and O–H groups in total. The number of rotatable bonds is 4. The fraction of sp³-hybridized carbons (Fsp3) is 0.875. The molecule has 2 heteroatoms. The maximum absolute atomic E-state index is 6.15. The Kier molecular flexibility index (Phi) is 9.15. The van der Waals surface area contributed by atoms with Gasteiger partial charge < -0.3 is 4.65 Å². The molecule has 0 saturated carbocycles. The summed E-state index contributed by atoms with van der Waals surface area (Å²) in [5.41, 5.74) is 0. The highest BCUT2D eigenvalue weighted by Gasteiger charge is 2.13. The van der Waals surface area contributed by atoms with E-state index in [9.17, 15) is 0 Å². The van der Waals surface area contributed by atoms with Crippen LogP contribution >= 0.6 is 0 Å². The summed E-state index contributed by atoms with van der Waals surface area (Å²) in [4.78, 5) is 0. The van der Waals surface area contributed by atoms with Crippen molar-refractivity contribution < 1.29 is 4.65 Å². The monoisotopic (exact) mass is 250 g/mol. The predicted molar refractivity (Wildman–Crippen MR) is 82.1 cm³/mol. The highest BCUT2D eigenvalue weighted by atomic mass is 16.4. The van der Waals surface area contributed by atoms with Gasteiger partial charge in [0.15, 0.2) is 0 Å². The van der Waals surface area contributed by atoms with E-state index in [0.29, 0.717) is 6.92 Å². The van der Waals surface area contributed by atoms with Crippen molar-refractivity contribution in [2.45, 2.75) is 90.7 Å². The fourth-order valence-electron chi connectivity index (χ4n) is 2.65. The molecule has 0 unspecified atom stereocenters. The third kappa shape index (κ3) is 7.13. The molecule has 0 saturated heterocycles. The second-order valence-corrected chi connectivity index (χ2v) is 5.59. The molecule has 0 aromatic carbocycles. The average molecular weight is 250 g/mol. The van der Waals surface area contributed by atoms with Gasteiger partial charge in [0.05, 0.1) is 5.76 Å². The highest BCUT2D eigenvalue weighted by molar-refractivity contribution is 6.51. The largest absolute Gasteiger partial charge is 0.564 e. The summed E-state index contributed by atoms with van der Waals surface area (Å²) in [6.07, 6.45) is 18.2. The zero-order chi connectivity index (χ0) is 13.1. The number of hydrogen-bond acceptors (Lipinski definition) is 1. The molecule has 1 aliphatic carbocycles. The van der Waals surface area contributed by atoms with E-state index in [1.54, 1.807) is 0 Å². The normalized spacial score (nSPS) is 22.2. The standard InChI is InChI=1S/C16H31BO/c1-3-17(4-2)18-16-14-12-10-8-6-5-7-9-11-13-15-16/h14H,3-13,15H2,1-2H3/b16-14+. The minimum Gasteiger partial charge on any atom is -0.564 e. The van der Waals surface area contributed by atoms with Crippen LogP contribution in [0.25, 0.3) is 0 Å². The molecule has 0 spiro atoms. The lowest BCUT2D eigenvalue weighted by molar-refractivity contribution is 0.393. The molecule has 1 nitrogen and oxygen atoms in total. The first kappa shape index (κ1) is 15.7. The third-order valence-corrected chi connectivity index (χ3v) is 3.98. The fourth-order valence-corrected chi connectivity index (χ4v) is 2.65. The number of hydrogen-bond donors (Lipinski definition) is 0. The van der Waals surface area contributed by atoms with Crippen molar-refractivity contribution in [3.63, 3.8) is 0 Å². The Hall–Kier alpha value is -0.395. The van der Waals surface area contributed by atoms with Crippen LogP contribution in [0.15, 0.2) is 11.8 Å². The van der Waals surface area contributed by atoms with Gasteiger partial charge in [0.1, 0.15) is 0 Å². The van der Waals surface area contributed by atoms with Crippen molar-refractivity contribution in [1.82, 2.24) is 0 Å². The van der Waals surface area contributed by atoms with Gasteiger partial charge in [-0.1, -0.05) is 52.4 Å². The molecule has 1 rings (SSSR count). The molecular formula is C16H31BO. The van der Waals surface area contributed by atoms with Crippen molar-refractivity contribution in [1.29, 1.82) is 0 Å². The van der Waals surface area contributed by atoms with Crippen LogP contribution in [0.2, 0.25) is 12.6 Å². The minimum atomic E-state index is 0.434. The van der Waals surface area contributed by atoms with Crippen LogP contribution in [0, 0.1) is 0 Å². The molecule has 0 amide bonds. The van der Waals surface area contributed by atoms with Gasteiger partial charge in [-0.2, -0.15) is 0 Å². The van der Waals surface area contributed by atoms with E-state index in [1.807, 2.05) is 0 Å². The smallest absolute Gasteiger partial charge is 0.356 e. The maximum atomic E-state index is 6.15. The number of allylic oxidation sites excluding steroid dienone is 2. The van der Waals surface area contributed by atoms with Crippen LogP contribution in [0.5, 0.6) is 0 Å². The second kappa shape index (κ2) is 10.5. The third-order valence-electron chi connectivity index (χ3n) is 3.98. The molecular weight excluding hydrogens is 219 g/mol. The van der Waals surface area contributed by atoms with Gasteiger partial charge >= 0.3 is 6.92 Å². The van der Waals surface area contributed by atoms with Crippen LogP contribution in [-0.4, -0.2) is 6.92 Å². The van der Waals surface area contributed by atoms with Gasteiger partial charge in [-0.05, 0) is 38.0 Å². The lowest BCUT2D eigenvalue weighted by atomic mass is 9.62. The van der Waals surface area contributed by atoms with Crippen molar-refractivity contribution >= 4 is 6.92 Å². The second-order valence-electron chi connectivity index (χ2n) is 5.59. The Balaban J connectivity index is 2.42. The summed E-state index contributed by atoms with van der Waals surface area (Å²) in [6.45, 7) is 4.89. The SMILES string of the molecule is CCB(CC)O/C1=C/CCCCCCCCCC1. The van der Waals surface area contributed by atoms with E-state index in [2.05, 4.69) is 19.9 Å². The van der Waals surface area contributed by atoms with Crippen molar-refractivity contribution in [3.8, 4) is 0 Å². The Labute approximate surface area is 114 Å². The van der Waals surface area contributed by atoms with Crippen molar-refractivity contribution in [3.05, 3.63) is 11.8 Å². The zero-order valence-corrected chi connectivity index (χ0v) is 12.5. The maximum Gasteiger partial charge on any atom is 0.356 e. The van der Waals surface area contributed by atoms with E-state index in [1.165, 1.54) is 63.5 Å². The predicted octanol–water partition coefficient (Wildman–Crippen LogP) is 5.83. The molecule has 104 valence electrons. The Morgan fingerprint density at radius 1 is 0.889 bits per heavy atom. The van der Waals surface area contributed by atoms with Gasteiger partial charge in [-0.25, -0.2) is 0 Å². The first-order chi connectivity index (χ1) is 8.86. The van der Waals surface area contributed by atoms with Crippen LogP contribution in [0.3, 0.4) is 0 Å². The first-order valence-electron chi connectivity index (χ1n) is 8.22. The molecule has 0 aromatic rings. The minimum absolute atomic E-state index is 0.434. The molecule has 1 aliphatic rings. The molecule has 0 radical (unpaired) electrons. The highest BCUT2D eigenvalue weighted by Crippen LogP contribution is 2.19. The summed E-state index contributed by atoms with van der Waals surface area (Å²) in [5, 5.41) is 0. The molecule has 0 aromatic heterocycles. The summed E-state index contributed by atoms with van der Waals surface area (Å²) < 4.78 is 6.15. The molecule has 0 heterocycles. The zero-order valence-electron chi connectivity index (χ0n) is 12.5. The van der Waals surface area contributed by atoms with Crippen LogP contribution in [0.1, 0.15) is 78.1 Å². The van der Waals surface area contributed by atoms with E-state index in [4.69, 9.17) is 4.65 Å². The van der Waals surface area contributed by atoms with E-state index in [-0.39, 0.29) is 0 Å². The molecule has 0 aliphatic heterocycles. The lowest BCUT2D eigenvalue weighted by Gasteiger charge is -2.17. The Bertz CT molecular complexity index is 221.